The van der Waals surface area contributed by atoms with E-state index >= 15 is 0 Å². The van der Waals surface area contributed by atoms with E-state index in [0.29, 0.717) is 17.3 Å². The van der Waals surface area contributed by atoms with Crippen molar-refractivity contribution >= 4 is 11.5 Å². The van der Waals surface area contributed by atoms with Gasteiger partial charge in [-0.25, -0.2) is 9.37 Å². The number of nitrogens with zero attached hydrogens (tertiary/aromatic N) is 3. The molecule has 2 heterocycles. The third kappa shape index (κ3) is 2.39. The molecule has 0 amide bonds. The van der Waals surface area contributed by atoms with Crippen LogP contribution in [0.3, 0.4) is 0 Å². The number of aromatic nitrogens is 2. The second kappa shape index (κ2) is 5.67. The molecule has 0 aliphatic rings. The van der Waals surface area contributed by atoms with Crippen molar-refractivity contribution in [3.8, 4) is 11.3 Å². The number of hydrogen-bond donors (Lipinski definition) is 0. The van der Waals surface area contributed by atoms with Crippen molar-refractivity contribution in [3.63, 3.8) is 0 Å². The fraction of sp³-hybridized carbons (Fsp3) is 0.235. The molecule has 3 aromatic rings. The van der Waals surface area contributed by atoms with E-state index in [1.165, 1.54) is 28.3 Å². The Morgan fingerprint density at radius 1 is 1.23 bits per heavy atom. The van der Waals surface area contributed by atoms with Gasteiger partial charge >= 0.3 is 0 Å². The molecule has 0 radical (unpaired) electrons. The average Bonchev–Trinajstić information content (AvgIpc) is 2.91. The van der Waals surface area contributed by atoms with Crippen molar-refractivity contribution in [1.82, 2.24) is 9.38 Å². The zero-order valence-electron chi connectivity index (χ0n) is 12.5. The molecular weight excluding hydrogens is 281 g/mol. The van der Waals surface area contributed by atoms with E-state index in [9.17, 15) is 9.30 Å². The maximum absolute atomic E-state index is 13.4. The third-order valence-electron chi connectivity index (χ3n) is 4.01. The Labute approximate surface area is 127 Å². The Bertz CT molecular complexity index is 824. The molecule has 0 saturated carbocycles. The summed E-state index contributed by atoms with van der Waals surface area (Å²) in [6.45, 7) is 4.31. The summed E-state index contributed by atoms with van der Waals surface area (Å²) in [7, 11) is 0. The van der Waals surface area contributed by atoms with Crippen LogP contribution in [0, 0.1) is 10.7 Å². The van der Waals surface area contributed by atoms with Crippen molar-refractivity contribution < 1.29 is 4.39 Å². The molecule has 1 unspecified atom stereocenters. The molecule has 1 aromatic carbocycles. The van der Waals surface area contributed by atoms with Gasteiger partial charge in [-0.2, -0.15) is 0 Å². The molecule has 0 saturated heterocycles. The van der Waals surface area contributed by atoms with Crippen LogP contribution < -0.4 is 0 Å². The minimum Gasteiger partial charge on any atom is -0.278 e. The summed E-state index contributed by atoms with van der Waals surface area (Å²) in [5.74, 6) is 0.159. The molecular formula is C17H16FN3O. The summed E-state index contributed by atoms with van der Waals surface area (Å²) in [4.78, 5) is 15.6. The lowest BCUT2D eigenvalue weighted by atomic mass is 9.97. The second-order valence-corrected chi connectivity index (χ2v) is 5.38. The van der Waals surface area contributed by atoms with E-state index in [0.717, 1.165) is 12.0 Å². The quantitative estimate of drug-likeness (QED) is 0.632. The van der Waals surface area contributed by atoms with E-state index in [2.05, 4.69) is 24.0 Å². The highest BCUT2D eigenvalue weighted by molar-refractivity contribution is 5.74. The van der Waals surface area contributed by atoms with Gasteiger partial charge in [-0.15, -0.1) is 4.91 Å². The number of imidazole rings is 1. The fourth-order valence-electron chi connectivity index (χ4n) is 2.49. The van der Waals surface area contributed by atoms with Crippen molar-refractivity contribution in [2.24, 2.45) is 5.18 Å². The van der Waals surface area contributed by atoms with Gasteiger partial charge in [-0.05, 0) is 35.2 Å². The minimum atomic E-state index is -0.437. The maximum Gasteiger partial charge on any atom is 0.209 e. The first-order chi connectivity index (χ1) is 10.6. The third-order valence-corrected chi connectivity index (χ3v) is 4.01. The highest BCUT2D eigenvalue weighted by atomic mass is 19.1. The smallest absolute Gasteiger partial charge is 0.209 e. The predicted molar refractivity (Wildman–Crippen MR) is 84.7 cm³/mol. The molecule has 3 rings (SSSR count). The van der Waals surface area contributed by atoms with Crippen molar-refractivity contribution in [3.05, 3.63) is 58.9 Å². The summed E-state index contributed by atoms with van der Waals surface area (Å²) in [5.41, 5.74) is 3.00. The molecule has 0 bridgehead atoms. The predicted octanol–water partition coefficient (Wildman–Crippen LogP) is 5.05. The molecule has 2 aromatic heterocycles. The Morgan fingerprint density at radius 2 is 1.95 bits per heavy atom. The van der Waals surface area contributed by atoms with E-state index in [1.807, 2.05) is 24.3 Å². The van der Waals surface area contributed by atoms with Crippen LogP contribution in [0.25, 0.3) is 16.9 Å². The Morgan fingerprint density at radius 3 is 2.59 bits per heavy atom. The molecule has 0 aliphatic heterocycles. The number of benzene rings is 1. The first-order valence-electron chi connectivity index (χ1n) is 7.25. The van der Waals surface area contributed by atoms with Crippen LogP contribution in [-0.2, 0) is 0 Å². The van der Waals surface area contributed by atoms with Gasteiger partial charge in [-0.3, -0.25) is 4.40 Å². The number of pyridine rings is 1. The standard InChI is InChI=1S/C17H16FN3O/c1-3-11(2)12-4-6-13(7-5-12)16-17(20-22)21-10-14(18)8-9-15(21)19-16/h4-11H,3H2,1-2H3. The number of rotatable bonds is 4. The molecule has 0 aliphatic carbocycles. The van der Waals surface area contributed by atoms with Gasteiger partial charge in [0.05, 0.1) is 0 Å². The summed E-state index contributed by atoms with van der Waals surface area (Å²) < 4.78 is 14.7. The highest BCUT2D eigenvalue weighted by Gasteiger charge is 2.15. The largest absolute Gasteiger partial charge is 0.278 e. The molecule has 0 spiro atoms. The van der Waals surface area contributed by atoms with Crippen molar-refractivity contribution in [2.45, 2.75) is 26.2 Å². The van der Waals surface area contributed by atoms with Gasteiger partial charge in [0.15, 0.2) is 0 Å². The molecule has 22 heavy (non-hydrogen) atoms. The van der Waals surface area contributed by atoms with E-state index < -0.39 is 5.82 Å². The van der Waals surface area contributed by atoms with E-state index in [-0.39, 0.29) is 5.82 Å². The first-order valence-corrected chi connectivity index (χ1v) is 7.25. The summed E-state index contributed by atoms with van der Waals surface area (Å²) >= 11 is 0. The van der Waals surface area contributed by atoms with E-state index in [1.54, 1.807) is 0 Å². The summed E-state index contributed by atoms with van der Waals surface area (Å²) in [6.07, 6.45) is 2.28. The lowest BCUT2D eigenvalue weighted by Crippen LogP contribution is -1.90. The van der Waals surface area contributed by atoms with Gasteiger partial charge in [0, 0.05) is 11.8 Å². The maximum atomic E-state index is 13.4. The van der Waals surface area contributed by atoms with Crippen LogP contribution in [-0.4, -0.2) is 9.38 Å². The molecule has 112 valence electrons. The molecule has 0 N–H and O–H groups in total. The minimum absolute atomic E-state index is 0.116. The SMILES string of the molecule is CCC(C)c1ccc(-c2nc3ccc(F)cn3c2N=O)cc1. The molecule has 1 atom stereocenters. The Hall–Kier alpha value is -2.56. The monoisotopic (exact) mass is 297 g/mol. The Balaban J connectivity index is 2.11. The van der Waals surface area contributed by atoms with Gasteiger partial charge in [0.2, 0.25) is 5.82 Å². The van der Waals surface area contributed by atoms with Gasteiger partial charge in [0.25, 0.3) is 0 Å². The van der Waals surface area contributed by atoms with Gasteiger partial charge in [-0.1, -0.05) is 38.1 Å². The van der Waals surface area contributed by atoms with E-state index in [4.69, 9.17) is 0 Å². The first kappa shape index (κ1) is 14.4. The molecule has 4 nitrogen and oxygen atoms in total. The fourth-order valence-corrected chi connectivity index (χ4v) is 2.49. The summed E-state index contributed by atoms with van der Waals surface area (Å²) in [5, 5.41) is 3.03. The highest BCUT2D eigenvalue weighted by Crippen LogP contribution is 2.32. The number of halogens is 1. The van der Waals surface area contributed by atoms with Gasteiger partial charge < -0.3 is 0 Å². The lowest BCUT2D eigenvalue weighted by Gasteiger charge is -2.09. The Kier molecular flexibility index (Phi) is 3.71. The second-order valence-electron chi connectivity index (χ2n) is 5.38. The van der Waals surface area contributed by atoms with Crippen molar-refractivity contribution in [2.75, 3.05) is 0 Å². The molecule has 0 fully saturated rings. The van der Waals surface area contributed by atoms with Gasteiger partial charge in [0.1, 0.15) is 17.2 Å². The van der Waals surface area contributed by atoms with Crippen molar-refractivity contribution in [1.29, 1.82) is 0 Å². The number of hydrogen-bond acceptors (Lipinski definition) is 3. The summed E-state index contributed by atoms with van der Waals surface area (Å²) in [6, 6.07) is 10.8. The normalized spacial score (nSPS) is 12.5. The lowest BCUT2D eigenvalue weighted by molar-refractivity contribution is 0.619. The molecule has 5 heteroatoms. The topological polar surface area (TPSA) is 46.7 Å². The van der Waals surface area contributed by atoms with Crippen LogP contribution in [0.4, 0.5) is 10.2 Å². The average molecular weight is 297 g/mol. The van der Waals surface area contributed by atoms with Crippen LogP contribution >= 0.6 is 0 Å². The zero-order valence-corrected chi connectivity index (χ0v) is 12.5. The van der Waals surface area contributed by atoms with Crippen LogP contribution in [0.2, 0.25) is 0 Å². The van der Waals surface area contributed by atoms with Crippen LogP contribution in [0.1, 0.15) is 31.7 Å². The zero-order chi connectivity index (χ0) is 15.7. The number of fused-ring (bicyclic) bond motifs is 1. The van der Waals surface area contributed by atoms with Crippen LogP contribution in [0.5, 0.6) is 0 Å². The number of nitroso groups, excluding NO2 is 1. The van der Waals surface area contributed by atoms with Crippen LogP contribution in [0.15, 0.2) is 47.8 Å².